The minimum atomic E-state index is 0.650. The Kier molecular flexibility index (Phi) is 3.80. The second kappa shape index (κ2) is 5.33. The lowest BCUT2D eigenvalue weighted by atomic mass is 10.3. The molecule has 0 radical (unpaired) electrons. The van der Waals surface area contributed by atoms with Crippen LogP contribution in [0.5, 0.6) is 0 Å². The molecule has 15 heavy (non-hydrogen) atoms. The van der Waals surface area contributed by atoms with Gasteiger partial charge in [0.1, 0.15) is 0 Å². The molecule has 1 aromatic heterocycles. The summed E-state index contributed by atoms with van der Waals surface area (Å²) in [5.74, 6) is 0. The van der Waals surface area contributed by atoms with Gasteiger partial charge in [0.15, 0.2) is 0 Å². The fourth-order valence-corrected chi connectivity index (χ4v) is 2.32. The van der Waals surface area contributed by atoms with Crippen LogP contribution in [-0.2, 0) is 13.1 Å². The molecule has 0 bridgehead atoms. The number of nitrogens with two attached hydrogens (primary N) is 1. The molecule has 1 aromatic rings. The van der Waals surface area contributed by atoms with Crippen molar-refractivity contribution in [2.45, 2.75) is 32.4 Å². The van der Waals surface area contributed by atoms with Gasteiger partial charge in [-0.3, -0.25) is 0 Å². The Morgan fingerprint density at radius 1 is 1.20 bits per heavy atom. The van der Waals surface area contributed by atoms with Crippen LogP contribution in [0.1, 0.15) is 25.0 Å². The predicted octanol–water partition coefficient (Wildman–Crippen LogP) is 1.43. The van der Waals surface area contributed by atoms with E-state index in [1.54, 1.807) is 0 Å². The SMILES string of the molecule is NCc1cccn1CCCN1CCCC1. The first-order chi connectivity index (χ1) is 7.40. The largest absolute Gasteiger partial charge is 0.350 e. The van der Waals surface area contributed by atoms with Crippen LogP contribution in [0.4, 0.5) is 0 Å². The fourth-order valence-electron chi connectivity index (χ4n) is 2.32. The predicted molar refractivity (Wildman–Crippen MR) is 62.6 cm³/mol. The maximum Gasteiger partial charge on any atom is 0.0334 e. The summed E-state index contributed by atoms with van der Waals surface area (Å²) in [5, 5.41) is 0. The van der Waals surface area contributed by atoms with E-state index in [9.17, 15) is 0 Å². The lowest BCUT2D eigenvalue weighted by Gasteiger charge is -2.15. The average molecular weight is 207 g/mol. The molecule has 1 saturated heterocycles. The van der Waals surface area contributed by atoms with E-state index in [2.05, 4.69) is 27.8 Å². The third-order valence-electron chi connectivity index (χ3n) is 3.20. The number of hydrogen-bond acceptors (Lipinski definition) is 2. The zero-order valence-electron chi connectivity index (χ0n) is 9.36. The van der Waals surface area contributed by atoms with E-state index in [0.29, 0.717) is 6.54 Å². The van der Waals surface area contributed by atoms with Gasteiger partial charge < -0.3 is 15.2 Å². The highest BCUT2D eigenvalue weighted by Gasteiger charge is 2.10. The topological polar surface area (TPSA) is 34.2 Å². The van der Waals surface area contributed by atoms with Crippen LogP contribution in [-0.4, -0.2) is 29.1 Å². The Morgan fingerprint density at radius 2 is 2.00 bits per heavy atom. The van der Waals surface area contributed by atoms with Crippen molar-refractivity contribution in [3.63, 3.8) is 0 Å². The van der Waals surface area contributed by atoms with Crippen LogP contribution >= 0.6 is 0 Å². The Balaban J connectivity index is 1.73. The Labute approximate surface area is 91.9 Å². The first kappa shape index (κ1) is 10.7. The molecular formula is C12H21N3. The van der Waals surface area contributed by atoms with Crippen LogP contribution in [0.2, 0.25) is 0 Å². The third-order valence-corrected chi connectivity index (χ3v) is 3.20. The summed E-state index contributed by atoms with van der Waals surface area (Å²) in [6, 6.07) is 4.19. The van der Waals surface area contributed by atoms with Gasteiger partial charge >= 0.3 is 0 Å². The van der Waals surface area contributed by atoms with Gasteiger partial charge in [-0.15, -0.1) is 0 Å². The number of nitrogens with zero attached hydrogens (tertiary/aromatic N) is 2. The smallest absolute Gasteiger partial charge is 0.0334 e. The van der Waals surface area contributed by atoms with Crippen molar-refractivity contribution in [1.29, 1.82) is 0 Å². The summed E-state index contributed by atoms with van der Waals surface area (Å²) in [6.07, 6.45) is 6.14. The van der Waals surface area contributed by atoms with Crippen molar-refractivity contribution in [3.8, 4) is 0 Å². The van der Waals surface area contributed by atoms with Gasteiger partial charge in [0.25, 0.3) is 0 Å². The minimum Gasteiger partial charge on any atom is -0.350 e. The van der Waals surface area contributed by atoms with Crippen LogP contribution in [0.15, 0.2) is 18.3 Å². The molecule has 2 N–H and O–H groups in total. The number of hydrogen-bond donors (Lipinski definition) is 1. The summed E-state index contributed by atoms with van der Waals surface area (Å²) < 4.78 is 2.27. The molecule has 0 aliphatic carbocycles. The first-order valence-electron chi connectivity index (χ1n) is 5.96. The van der Waals surface area contributed by atoms with E-state index in [1.165, 1.54) is 44.6 Å². The number of rotatable bonds is 5. The quantitative estimate of drug-likeness (QED) is 0.792. The Morgan fingerprint density at radius 3 is 2.73 bits per heavy atom. The minimum absolute atomic E-state index is 0.650. The average Bonchev–Trinajstić information content (AvgIpc) is 2.88. The molecule has 0 saturated carbocycles. The monoisotopic (exact) mass is 207 g/mol. The second-order valence-corrected chi connectivity index (χ2v) is 4.30. The van der Waals surface area contributed by atoms with Gasteiger partial charge in [-0.05, 0) is 51.0 Å². The molecule has 2 heterocycles. The van der Waals surface area contributed by atoms with Crippen molar-refractivity contribution < 1.29 is 0 Å². The maximum absolute atomic E-state index is 5.66. The van der Waals surface area contributed by atoms with E-state index < -0.39 is 0 Å². The molecule has 3 nitrogen and oxygen atoms in total. The number of aromatic nitrogens is 1. The lowest BCUT2D eigenvalue weighted by Crippen LogP contribution is -2.21. The highest BCUT2D eigenvalue weighted by molar-refractivity contribution is 5.06. The van der Waals surface area contributed by atoms with Crippen molar-refractivity contribution in [3.05, 3.63) is 24.0 Å². The zero-order chi connectivity index (χ0) is 10.5. The van der Waals surface area contributed by atoms with Crippen molar-refractivity contribution >= 4 is 0 Å². The van der Waals surface area contributed by atoms with E-state index in [0.717, 1.165) is 6.54 Å². The van der Waals surface area contributed by atoms with Crippen LogP contribution in [0.25, 0.3) is 0 Å². The molecule has 1 fully saturated rings. The van der Waals surface area contributed by atoms with Crippen molar-refractivity contribution in [2.75, 3.05) is 19.6 Å². The van der Waals surface area contributed by atoms with Crippen LogP contribution in [0.3, 0.4) is 0 Å². The van der Waals surface area contributed by atoms with Gasteiger partial charge in [0.05, 0.1) is 0 Å². The summed E-state index contributed by atoms with van der Waals surface area (Å²) in [5.41, 5.74) is 6.90. The summed E-state index contributed by atoms with van der Waals surface area (Å²) >= 11 is 0. The van der Waals surface area contributed by atoms with Crippen molar-refractivity contribution in [1.82, 2.24) is 9.47 Å². The normalized spacial score (nSPS) is 17.4. The fraction of sp³-hybridized carbons (Fsp3) is 0.667. The zero-order valence-corrected chi connectivity index (χ0v) is 9.36. The molecule has 0 aromatic carbocycles. The summed E-state index contributed by atoms with van der Waals surface area (Å²) in [7, 11) is 0. The molecule has 3 heteroatoms. The Hall–Kier alpha value is -0.800. The molecule has 1 aliphatic heterocycles. The number of likely N-dealkylation sites (tertiary alicyclic amines) is 1. The van der Waals surface area contributed by atoms with Gasteiger partial charge in [-0.1, -0.05) is 0 Å². The highest BCUT2D eigenvalue weighted by Crippen LogP contribution is 2.09. The molecule has 0 amide bonds. The van der Waals surface area contributed by atoms with Gasteiger partial charge in [-0.2, -0.15) is 0 Å². The van der Waals surface area contributed by atoms with Crippen molar-refractivity contribution in [2.24, 2.45) is 5.73 Å². The Bertz CT molecular complexity index is 287. The molecule has 0 unspecified atom stereocenters. The lowest BCUT2D eigenvalue weighted by molar-refractivity contribution is 0.324. The standard InChI is InChI=1S/C12H21N3/c13-11-12-5-3-9-15(12)10-4-8-14-6-1-2-7-14/h3,5,9H,1-2,4,6-8,10-11,13H2. The third kappa shape index (κ3) is 2.83. The van der Waals surface area contributed by atoms with E-state index in [-0.39, 0.29) is 0 Å². The molecule has 0 atom stereocenters. The summed E-state index contributed by atoms with van der Waals surface area (Å²) in [6.45, 7) is 5.60. The summed E-state index contributed by atoms with van der Waals surface area (Å²) in [4.78, 5) is 2.56. The first-order valence-corrected chi connectivity index (χ1v) is 5.96. The second-order valence-electron chi connectivity index (χ2n) is 4.30. The van der Waals surface area contributed by atoms with Crippen LogP contribution < -0.4 is 5.73 Å². The van der Waals surface area contributed by atoms with E-state index in [1.807, 2.05) is 0 Å². The van der Waals surface area contributed by atoms with Gasteiger partial charge in [0.2, 0.25) is 0 Å². The van der Waals surface area contributed by atoms with Gasteiger partial charge in [0, 0.05) is 25.0 Å². The molecule has 84 valence electrons. The molecule has 1 aliphatic rings. The molecule has 0 spiro atoms. The molecule has 2 rings (SSSR count). The number of aryl methyl sites for hydroxylation is 1. The van der Waals surface area contributed by atoms with Crippen LogP contribution in [0, 0.1) is 0 Å². The van der Waals surface area contributed by atoms with Gasteiger partial charge in [-0.25, -0.2) is 0 Å². The van der Waals surface area contributed by atoms with E-state index in [4.69, 9.17) is 5.73 Å². The molecular weight excluding hydrogens is 186 g/mol. The maximum atomic E-state index is 5.66. The van der Waals surface area contributed by atoms with E-state index >= 15 is 0 Å². The highest BCUT2D eigenvalue weighted by atomic mass is 15.1.